The highest BCUT2D eigenvalue weighted by molar-refractivity contribution is 5.89. The topological polar surface area (TPSA) is 199 Å². The van der Waals surface area contributed by atoms with E-state index >= 15 is 0 Å². The number of carboxylic acids is 4. The van der Waals surface area contributed by atoms with Crippen LogP contribution in [0.4, 0.5) is 0 Å². The quantitative estimate of drug-likeness (QED) is 0.162. The molecule has 0 radical (unpaired) electrons. The van der Waals surface area contributed by atoms with Crippen LogP contribution in [0.15, 0.2) is 12.2 Å². The lowest BCUT2D eigenvalue weighted by atomic mass is 10.1. The Kier molecular flexibility index (Phi) is 27.4. The lowest BCUT2D eigenvalue weighted by Gasteiger charge is -1.98. The summed E-state index contributed by atoms with van der Waals surface area (Å²) in [5, 5.41) is 48.5. The molecule has 0 rings (SSSR count). The molecule has 29 heavy (non-hydrogen) atoms. The van der Waals surface area contributed by atoms with Gasteiger partial charge in [0.05, 0.1) is 26.4 Å². The molecule has 0 bridgehead atoms. The van der Waals surface area contributed by atoms with Gasteiger partial charge >= 0.3 is 23.9 Å². The smallest absolute Gasteiger partial charge is 0.328 e. The third kappa shape index (κ3) is 46.0. The maximum Gasteiger partial charge on any atom is 0.328 e. The highest BCUT2D eigenvalue weighted by Gasteiger charge is 1.98. The molecule has 0 aromatic heterocycles. The maximum atomic E-state index is 10.1. The van der Waals surface area contributed by atoms with Crippen LogP contribution in [-0.2, 0) is 23.9 Å². The van der Waals surface area contributed by atoms with E-state index in [1.165, 1.54) is 0 Å². The molecule has 0 heterocycles. The van der Waals surface area contributed by atoms with Crippen LogP contribution in [-0.4, -0.2) is 80.9 Å². The Bertz CT molecular complexity index is 421. The van der Waals surface area contributed by atoms with Gasteiger partial charge in [-0.3, -0.25) is 9.59 Å². The van der Waals surface area contributed by atoms with Gasteiger partial charge in [-0.25, -0.2) is 9.59 Å². The van der Waals surface area contributed by atoms with Crippen LogP contribution in [0.1, 0.15) is 51.4 Å². The second-order valence-corrected chi connectivity index (χ2v) is 5.48. The molecule has 0 aliphatic carbocycles. The van der Waals surface area contributed by atoms with Crippen molar-refractivity contribution in [1.29, 1.82) is 0 Å². The molecule has 0 spiro atoms. The van der Waals surface area contributed by atoms with Gasteiger partial charge in [-0.15, -0.1) is 0 Å². The van der Waals surface area contributed by atoms with Crippen molar-refractivity contribution >= 4 is 23.9 Å². The maximum absolute atomic E-state index is 10.1. The third-order valence-electron chi connectivity index (χ3n) is 2.87. The van der Waals surface area contributed by atoms with Crippen LogP contribution in [0, 0.1) is 0 Å². The molecule has 0 atom stereocenters. The summed E-state index contributed by atoms with van der Waals surface area (Å²) in [4.78, 5) is 39.4. The zero-order chi connectivity index (χ0) is 22.9. The summed E-state index contributed by atoms with van der Waals surface area (Å²) in [5.41, 5.74) is 0. The van der Waals surface area contributed by atoms with E-state index in [0.717, 1.165) is 38.5 Å². The number of aliphatic hydroxyl groups is 2. The monoisotopic (exact) mass is 424 g/mol. The minimum atomic E-state index is -1.26. The lowest BCUT2D eigenvalue weighted by Crippen LogP contribution is -2.03. The fraction of sp³-hybridized carbons (Fsp3) is 0.667. The van der Waals surface area contributed by atoms with Crippen LogP contribution >= 0.6 is 0 Å². The van der Waals surface area contributed by atoms with Gasteiger partial charge in [0.15, 0.2) is 0 Å². The number of aliphatic hydroxyl groups excluding tert-OH is 2. The first-order valence-electron chi connectivity index (χ1n) is 9.04. The number of aliphatic carboxylic acids is 4. The van der Waals surface area contributed by atoms with Crippen LogP contribution in [0.25, 0.3) is 0 Å². The van der Waals surface area contributed by atoms with Gasteiger partial charge in [-0.05, 0) is 12.8 Å². The van der Waals surface area contributed by atoms with E-state index in [-0.39, 0.29) is 26.1 Å². The van der Waals surface area contributed by atoms with Crippen LogP contribution in [0.5, 0.6) is 0 Å². The molecule has 0 aromatic carbocycles. The molecule has 0 unspecified atom stereocenters. The zero-order valence-electron chi connectivity index (χ0n) is 16.4. The molecule has 11 heteroatoms. The second-order valence-electron chi connectivity index (χ2n) is 5.48. The average Bonchev–Trinajstić information content (AvgIpc) is 2.63. The van der Waals surface area contributed by atoms with E-state index in [1.807, 2.05) is 0 Å². The fourth-order valence-corrected chi connectivity index (χ4v) is 1.63. The predicted octanol–water partition coefficient (Wildman–Crippen LogP) is 0.976. The van der Waals surface area contributed by atoms with Crippen LogP contribution in [0.2, 0.25) is 0 Å². The molecule has 6 N–H and O–H groups in total. The number of unbranched alkanes of at least 4 members (excludes halogenated alkanes) is 5. The van der Waals surface area contributed by atoms with Gasteiger partial charge < -0.3 is 35.4 Å². The van der Waals surface area contributed by atoms with Crippen molar-refractivity contribution in [3.63, 3.8) is 0 Å². The molecule has 0 saturated carbocycles. The van der Waals surface area contributed by atoms with Gasteiger partial charge in [0, 0.05) is 25.0 Å². The second kappa shape index (κ2) is 25.5. The zero-order valence-corrected chi connectivity index (χ0v) is 16.4. The normalized spacial score (nSPS) is 9.72. The Morgan fingerprint density at radius 2 is 0.897 bits per heavy atom. The first-order chi connectivity index (χ1) is 13.7. The highest BCUT2D eigenvalue weighted by Crippen LogP contribution is 2.08. The van der Waals surface area contributed by atoms with Crippen molar-refractivity contribution in [2.24, 2.45) is 0 Å². The van der Waals surface area contributed by atoms with E-state index < -0.39 is 23.9 Å². The standard InChI is InChI=1S/C10H18O4.C4H4O4.C4H10O3/c11-9(12)7-5-3-1-2-4-6-8-10(13)14;5-3(6)1-2-4(7)8;5-1-3-7-4-2-6/h1-8H2,(H,11,12)(H,13,14);1-2H,(H,5,6)(H,7,8);5-6H,1-4H2. The first-order valence-corrected chi connectivity index (χ1v) is 9.04. The number of rotatable bonds is 15. The van der Waals surface area contributed by atoms with Crippen molar-refractivity contribution in [3.8, 4) is 0 Å². The van der Waals surface area contributed by atoms with E-state index in [0.29, 0.717) is 25.4 Å². The van der Waals surface area contributed by atoms with Gasteiger partial charge in [0.25, 0.3) is 0 Å². The number of hydrogen-bond acceptors (Lipinski definition) is 7. The largest absolute Gasteiger partial charge is 0.481 e. The molecule has 0 fully saturated rings. The van der Waals surface area contributed by atoms with E-state index in [2.05, 4.69) is 4.74 Å². The number of carboxylic acid groups (broad SMARTS) is 4. The van der Waals surface area contributed by atoms with E-state index in [9.17, 15) is 19.2 Å². The Morgan fingerprint density at radius 3 is 1.14 bits per heavy atom. The molecule has 170 valence electrons. The van der Waals surface area contributed by atoms with Crippen molar-refractivity contribution in [2.75, 3.05) is 26.4 Å². The lowest BCUT2D eigenvalue weighted by molar-refractivity contribution is -0.138. The first kappa shape index (κ1) is 31.2. The van der Waals surface area contributed by atoms with Gasteiger partial charge in [-0.1, -0.05) is 25.7 Å². The summed E-state index contributed by atoms with van der Waals surface area (Å²) in [6, 6.07) is 0. The van der Waals surface area contributed by atoms with Gasteiger partial charge in [0.2, 0.25) is 0 Å². The Morgan fingerprint density at radius 1 is 0.586 bits per heavy atom. The summed E-state index contributed by atoms with van der Waals surface area (Å²) in [6.45, 7) is 0.696. The summed E-state index contributed by atoms with van der Waals surface area (Å²) < 4.78 is 4.63. The van der Waals surface area contributed by atoms with Gasteiger partial charge in [-0.2, -0.15) is 0 Å². The molecule has 0 aromatic rings. The Hall–Kier alpha value is -2.50. The highest BCUT2D eigenvalue weighted by atomic mass is 16.5. The summed E-state index contributed by atoms with van der Waals surface area (Å²) in [7, 11) is 0. The van der Waals surface area contributed by atoms with Crippen molar-refractivity contribution < 1.29 is 54.6 Å². The van der Waals surface area contributed by atoms with Gasteiger partial charge in [0.1, 0.15) is 0 Å². The third-order valence-corrected chi connectivity index (χ3v) is 2.87. The van der Waals surface area contributed by atoms with Crippen molar-refractivity contribution in [1.82, 2.24) is 0 Å². The minimum Gasteiger partial charge on any atom is -0.481 e. The number of carbonyl (C=O) groups is 4. The molecule has 0 amide bonds. The fourth-order valence-electron chi connectivity index (χ4n) is 1.63. The number of hydrogen-bond donors (Lipinski definition) is 6. The summed E-state index contributed by atoms with van der Waals surface area (Å²) in [6.07, 6.45) is 6.94. The molecule has 11 nitrogen and oxygen atoms in total. The van der Waals surface area contributed by atoms with E-state index in [1.54, 1.807) is 0 Å². The predicted molar refractivity (Wildman–Crippen MR) is 102 cm³/mol. The molecular formula is C18H32O11. The summed E-state index contributed by atoms with van der Waals surface area (Å²) in [5.74, 6) is -3.99. The number of ether oxygens (including phenoxy) is 1. The van der Waals surface area contributed by atoms with Crippen LogP contribution in [0.3, 0.4) is 0 Å². The molecule has 0 saturated heterocycles. The molecule has 0 aliphatic heterocycles. The Labute approximate surface area is 169 Å². The average molecular weight is 424 g/mol. The summed E-state index contributed by atoms with van der Waals surface area (Å²) >= 11 is 0. The van der Waals surface area contributed by atoms with E-state index in [4.69, 9.17) is 30.6 Å². The van der Waals surface area contributed by atoms with Crippen molar-refractivity contribution in [2.45, 2.75) is 51.4 Å². The molecular weight excluding hydrogens is 392 g/mol. The SMILES string of the molecule is O=C(O)C=CC(=O)O.O=C(O)CCCCCCCCC(=O)O.OCCOCCO. The molecule has 0 aliphatic rings. The Balaban J connectivity index is -0.000000383. The van der Waals surface area contributed by atoms with Crippen molar-refractivity contribution in [3.05, 3.63) is 12.2 Å². The minimum absolute atomic E-state index is 0.0278. The van der Waals surface area contributed by atoms with Crippen LogP contribution < -0.4 is 0 Å².